The molecule has 4 saturated carbocycles. The van der Waals surface area contributed by atoms with Gasteiger partial charge in [-0.15, -0.1) is 0 Å². The number of aliphatic hydroxyl groups is 1. The maximum absolute atomic E-state index is 11.1. The predicted octanol–water partition coefficient (Wildman–Crippen LogP) is 4.14. The van der Waals surface area contributed by atoms with E-state index < -0.39 is 6.29 Å². The minimum absolute atomic E-state index is 0.166. The van der Waals surface area contributed by atoms with E-state index in [1.165, 1.54) is 58.3 Å². The summed E-state index contributed by atoms with van der Waals surface area (Å²) in [7, 11) is 0. The van der Waals surface area contributed by atoms with Crippen LogP contribution in [0.5, 0.6) is 0 Å². The zero-order valence-corrected chi connectivity index (χ0v) is 14.5. The van der Waals surface area contributed by atoms with Crippen molar-refractivity contribution >= 4 is 5.97 Å². The Hall–Kier alpha value is -0.570. The molecule has 130 valence electrons. The number of hydrogen-bond acceptors (Lipinski definition) is 3. The Morgan fingerprint density at radius 1 is 0.870 bits per heavy atom. The molecule has 0 aliphatic heterocycles. The molecule has 3 nitrogen and oxygen atoms in total. The zero-order chi connectivity index (χ0) is 16.0. The van der Waals surface area contributed by atoms with Crippen LogP contribution in [0.2, 0.25) is 0 Å². The van der Waals surface area contributed by atoms with Gasteiger partial charge in [0.2, 0.25) is 6.29 Å². The summed E-state index contributed by atoms with van der Waals surface area (Å²) < 4.78 is 5.05. The first-order valence-corrected chi connectivity index (χ1v) is 9.98. The first-order valence-electron chi connectivity index (χ1n) is 9.98. The number of ether oxygens (including phenoxy) is 1. The van der Waals surface area contributed by atoms with E-state index in [4.69, 9.17) is 4.74 Å². The first-order chi connectivity index (χ1) is 11.1. The number of aliphatic hydroxyl groups excluding tert-OH is 1. The summed E-state index contributed by atoms with van der Waals surface area (Å²) in [4.78, 5) is 11.1. The van der Waals surface area contributed by atoms with Gasteiger partial charge in [-0.2, -0.15) is 0 Å². The Bertz CT molecular complexity index is 448. The fraction of sp³-hybridized carbons (Fsp3) is 0.950. The Kier molecular flexibility index (Phi) is 4.42. The van der Waals surface area contributed by atoms with Crippen LogP contribution in [-0.2, 0) is 9.53 Å². The number of carbonyl (C=O) groups is 1. The molecule has 1 N–H and O–H groups in total. The van der Waals surface area contributed by atoms with Crippen molar-refractivity contribution < 1.29 is 14.6 Å². The van der Waals surface area contributed by atoms with E-state index in [0.717, 1.165) is 48.3 Å². The molecule has 0 spiro atoms. The highest BCUT2D eigenvalue weighted by molar-refractivity contribution is 5.66. The standard InChI is InChI=1S/C20H32O3/c1-12(21)23-20(22)15-7-8-17-14(11-15)6-10-18-16-4-2-3-13(16)5-9-19(17)18/h13-20,22H,2-11H2,1H3/t13-,14?,15?,16+,17-,18-,19+,20?/m0/s1. The molecule has 4 aliphatic carbocycles. The van der Waals surface area contributed by atoms with Crippen LogP contribution in [-0.4, -0.2) is 17.4 Å². The maximum Gasteiger partial charge on any atom is 0.304 e. The van der Waals surface area contributed by atoms with E-state index in [9.17, 15) is 9.90 Å². The van der Waals surface area contributed by atoms with Crippen molar-refractivity contribution in [2.75, 3.05) is 0 Å². The highest BCUT2D eigenvalue weighted by Crippen LogP contribution is 2.58. The van der Waals surface area contributed by atoms with Gasteiger partial charge in [0.15, 0.2) is 0 Å². The second-order valence-electron chi connectivity index (χ2n) is 8.83. The lowest BCUT2D eigenvalue weighted by Crippen LogP contribution is -2.45. The fourth-order valence-corrected chi connectivity index (χ4v) is 7.04. The number of rotatable bonds is 2. The SMILES string of the molecule is CC(=O)OC(O)C1CC[C@H]2C(CC[C@H]3[C@@H]4CCC[C@H]4CC[C@@H]32)C1. The van der Waals surface area contributed by atoms with Gasteiger partial charge >= 0.3 is 5.97 Å². The van der Waals surface area contributed by atoms with Gasteiger partial charge in [0.05, 0.1) is 0 Å². The topological polar surface area (TPSA) is 46.5 Å². The molecule has 0 bridgehead atoms. The van der Waals surface area contributed by atoms with Crippen molar-refractivity contribution in [3.05, 3.63) is 0 Å². The van der Waals surface area contributed by atoms with Gasteiger partial charge in [0.1, 0.15) is 0 Å². The van der Waals surface area contributed by atoms with Gasteiger partial charge in [-0.05, 0) is 86.9 Å². The summed E-state index contributed by atoms with van der Waals surface area (Å²) in [5, 5.41) is 10.1. The molecule has 23 heavy (non-hydrogen) atoms. The molecule has 3 unspecified atom stereocenters. The van der Waals surface area contributed by atoms with E-state index in [1.54, 1.807) is 0 Å². The maximum atomic E-state index is 11.1. The molecular formula is C20H32O3. The van der Waals surface area contributed by atoms with Crippen LogP contribution in [0.4, 0.5) is 0 Å². The van der Waals surface area contributed by atoms with Crippen LogP contribution >= 0.6 is 0 Å². The van der Waals surface area contributed by atoms with Crippen LogP contribution in [0.3, 0.4) is 0 Å². The highest BCUT2D eigenvalue weighted by Gasteiger charge is 2.50. The van der Waals surface area contributed by atoms with E-state index in [0.29, 0.717) is 0 Å². The molecule has 0 aromatic carbocycles. The molecule has 4 fully saturated rings. The van der Waals surface area contributed by atoms with Crippen LogP contribution in [0.15, 0.2) is 0 Å². The van der Waals surface area contributed by atoms with Gasteiger partial charge in [-0.3, -0.25) is 4.79 Å². The summed E-state index contributed by atoms with van der Waals surface area (Å²) in [5.41, 5.74) is 0. The van der Waals surface area contributed by atoms with Gasteiger partial charge < -0.3 is 9.84 Å². The van der Waals surface area contributed by atoms with E-state index in [-0.39, 0.29) is 11.9 Å². The fourth-order valence-electron chi connectivity index (χ4n) is 7.04. The van der Waals surface area contributed by atoms with Crippen molar-refractivity contribution in [2.45, 2.75) is 77.4 Å². The Morgan fingerprint density at radius 2 is 1.52 bits per heavy atom. The van der Waals surface area contributed by atoms with Crippen molar-refractivity contribution in [3.63, 3.8) is 0 Å². The van der Waals surface area contributed by atoms with E-state index >= 15 is 0 Å². The molecule has 0 saturated heterocycles. The van der Waals surface area contributed by atoms with Gasteiger partial charge in [-0.25, -0.2) is 0 Å². The summed E-state index contributed by atoms with van der Waals surface area (Å²) in [6.07, 6.45) is 12.6. The van der Waals surface area contributed by atoms with E-state index in [2.05, 4.69) is 0 Å². The van der Waals surface area contributed by atoms with Crippen molar-refractivity contribution in [1.82, 2.24) is 0 Å². The Balaban J connectivity index is 1.41. The van der Waals surface area contributed by atoms with E-state index in [1.807, 2.05) is 0 Å². The molecule has 0 aromatic rings. The lowest BCUT2D eigenvalue weighted by Gasteiger charge is -2.53. The third-order valence-corrected chi connectivity index (χ3v) is 7.88. The predicted molar refractivity (Wildman–Crippen MR) is 88.4 cm³/mol. The third kappa shape index (κ3) is 2.94. The largest absolute Gasteiger partial charge is 0.436 e. The molecule has 0 radical (unpaired) electrons. The number of carbonyl (C=O) groups excluding carboxylic acids is 1. The van der Waals surface area contributed by atoms with Crippen molar-refractivity contribution in [1.29, 1.82) is 0 Å². The van der Waals surface area contributed by atoms with Gasteiger partial charge in [-0.1, -0.05) is 12.8 Å². The summed E-state index contributed by atoms with van der Waals surface area (Å²) in [6.45, 7) is 1.39. The first kappa shape index (κ1) is 15.9. The smallest absolute Gasteiger partial charge is 0.304 e. The van der Waals surface area contributed by atoms with Crippen LogP contribution < -0.4 is 0 Å². The average molecular weight is 320 g/mol. The Morgan fingerprint density at radius 3 is 2.26 bits per heavy atom. The van der Waals surface area contributed by atoms with Crippen LogP contribution in [0.1, 0.15) is 71.1 Å². The molecule has 0 amide bonds. The van der Waals surface area contributed by atoms with Crippen molar-refractivity contribution in [3.8, 4) is 0 Å². The summed E-state index contributed by atoms with van der Waals surface area (Å²) in [5.74, 6) is 5.51. The molecular weight excluding hydrogens is 288 g/mol. The molecule has 3 heteroatoms. The minimum Gasteiger partial charge on any atom is -0.436 e. The third-order valence-electron chi connectivity index (χ3n) is 7.88. The minimum atomic E-state index is -0.878. The van der Waals surface area contributed by atoms with Gasteiger partial charge in [0.25, 0.3) is 0 Å². The summed E-state index contributed by atoms with van der Waals surface area (Å²) >= 11 is 0. The van der Waals surface area contributed by atoms with Crippen LogP contribution in [0.25, 0.3) is 0 Å². The molecule has 8 atom stereocenters. The van der Waals surface area contributed by atoms with Crippen LogP contribution in [0, 0.1) is 41.4 Å². The summed E-state index contributed by atoms with van der Waals surface area (Å²) in [6, 6.07) is 0. The second kappa shape index (κ2) is 6.38. The zero-order valence-electron chi connectivity index (χ0n) is 14.5. The molecule has 0 heterocycles. The molecule has 4 rings (SSSR count). The number of hydrogen-bond donors (Lipinski definition) is 1. The lowest BCUT2D eigenvalue weighted by atomic mass is 9.53. The van der Waals surface area contributed by atoms with Gasteiger partial charge in [0, 0.05) is 12.8 Å². The molecule has 0 aromatic heterocycles. The average Bonchev–Trinajstić information content (AvgIpc) is 3.02. The molecule has 4 aliphatic rings. The lowest BCUT2D eigenvalue weighted by molar-refractivity contribution is -0.181. The normalized spacial score (nSPS) is 47.1. The Labute approximate surface area is 140 Å². The highest BCUT2D eigenvalue weighted by atomic mass is 16.6. The number of esters is 1. The number of fused-ring (bicyclic) bond motifs is 5. The second-order valence-corrected chi connectivity index (χ2v) is 8.83. The quantitative estimate of drug-likeness (QED) is 0.614. The monoisotopic (exact) mass is 320 g/mol. The van der Waals surface area contributed by atoms with Crippen molar-refractivity contribution in [2.24, 2.45) is 41.4 Å².